The summed E-state index contributed by atoms with van der Waals surface area (Å²) in [6.07, 6.45) is -0.911. The Hall–Kier alpha value is -0.480. The molecule has 0 aromatic heterocycles. The van der Waals surface area contributed by atoms with Crippen molar-refractivity contribution in [1.29, 1.82) is 0 Å². The van der Waals surface area contributed by atoms with Gasteiger partial charge < -0.3 is 59.8 Å². The standard InChI is InChI=1S/C31H52O12/c1-27(7-3-8-28(2)19(27)6-9-29-10-17(4-5-20(28)29)30(38,12-29)13-32)15-41-25-23(36)22(35)21(34)18(43-25)11-40-26-24(37)31(39,14-33)16-42-26/h17-26,32-39H,3-16H2,1-2H3/t17-,18-,19+,20+,21+,22+,23+,24+,25+,26+,27-,28+,29+,30+,31+/m0/s1. The Kier molecular flexibility index (Phi) is 8.56. The van der Waals surface area contributed by atoms with Gasteiger partial charge in [-0.05, 0) is 85.4 Å². The van der Waals surface area contributed by atoms with Crippen molar-refractivity contribution in [3.63, 3.8) is 0 Å². The normalized spacial score (nSPS) is 56.5. The summed E-state index contributed by atoms with van der Waals surface area (Å²) < 4.78 is 22.9. The molecule has 15 atom stereocenters. The van der Waals surface area contributed by atoms with Gasteiger partial charge in [-0.2, -0.15) is 0 Å². The Morgan fingerprint density at radius 2 is 1.53 bits per heavy atom. The van der Waals surface area contributed by atoms with E-state index >= 15 is 0 Å². The second-order valence-electron chi connectivity index (χ2n) is 15.5. The molecule has 43 heavy (non-hydrogen) atoms. The first-order valence-corrected chi connectivity index (χ1v) is 16.1. The van der Waals surface area contributed by atoms with Crippen LogP contribution >= 0.6 is 0 Å². The molecule has 2 bridgehead atoms. The summed E-state index contributed by atoms with van der Waals surface area (Å²) in [7, 11) is 0. The van der Waals surface area contributed by atoms with E-state index in [2.05, 4.69) is 13.8 Å². The van der Waals surface area contributed by atoms with Crippen molar-refractivity contribution in [2.45, 2.75) is 126 Å². The number of aliphatic hydroxyl groups excluding tert-OH is 6. The van der Waals surface area contributed by atoms with E-state index < -0.39 is 60.9 Å². The lowest BCUT2D eigenvalue weighted by Crippen LogP contribution is -2.61. The van der Waals surface area contributed by atoms with E-state index in [1.165, 1.54) is 0 Å². The van der Waals surface area contributed by atoms with Crippen LogP contribution in [0, 0.1) is 34.0 Å². The van der Waals surface area contributed by atoms with Gasteiger partial charge in [0, 0.05) is 0 Å². The van der Waals surface area contributed by atoms with E-state index in [0.717, 1.165) is 51.4 Å². The number of ether oxygens (including phenoxy) is 4. The molecule has 6 rings (SSSR count). The SMILES string of the molecule is C[C@@]1(CO[C@@H]2O[C@@H](CO[C@@H]3OC[C@](O)(CO)[C@@H]3O)[C@@H](O)[C@@H](O)[C@H]2O)CCC[C@]2(C)[C@@H]1CC[C@]13C[C@H](CC[C@@H]12)[C@](O)(CO)C3. The monoisotopic (exact) mass is 616 g/mol. The maximum absolute atomic E-state index is 11.3. The Balaban J connectivity index is 1.12. The average Bonchev–Trinajstić information content (AvgIpc) is 3.38. The topological polar surface area (TPSA) is 199 Å². The minimum atomic E-state index is -1.86. The Bertz CT molecular complexity index is 1020. The van der Waals surface area contributed by atoms with E-state index in [-0.39, 0.29) is 42.0 Å². The molecule has 4 saturated carbocycles. The molecule has 2 aliphatic heterocycles. The molecule has 2 saturated heterocycles. The summed E-state index contributed by atoms with van der Waals surface area (Å²) in [4.78, 5) is 0. The van der Waals surface area contributed by atoms with Gasteiger partial charge in [-0.3, -0.25) is 0 Å². The predicted molar refractivity (Wildman–Crippen MR) is 149 cm³/mol. The molecule has 0 radical (unpaired) electrons. The molecule has 8 N–H and O–H groups in total. The molecule has 12 heteroatoms. The smallest absolute Gasteiger partial charge is 0.186 e. The average molecular weight is 617 g/mol. The van der Waals surface area contributed by atoms with Gasteiger partial charge in [-0.15, -0.1) is 0 Å². The highest BCUT2D eigenvalue weighted by molar-refractivity contribution is 5.17. The zero-order chi connectivity index (χ0) is 31.0. The highest BCUT2D eigenvalue weighted by Gasteiger charge is 2.67. The van der Waals surface area contributed by atoms with E-state index in [0.29, 0.717) is 24.9 Å². The third-order valence-electron chi connectivity index (χ3n) is 13.0. The van der Waals surface area contributed by atoms with Crippen molar-refractivity contribution in [1.82, 2.24) is 0 Å². The molecule has 0 unspecified atom stereocenters. The van der Waals surface area contributed by atoms with Crippen molar-refractivity contribution in [3.05, 3.63) is 0 Å². The van der Waals surface area contributed by atoms with Gasteiger partial charge in [0.2, 0.25) is 0 Å². The van der Waals surface area contributed by atoms with Crippen molar-refractivity contribution >= 4 is 0 Å². The molecule has 0 aromatic rings. The molecule has 0 amide bonds. The molecular weight excluding hydrogens is 564 g/mol. The van der Waals surface area contributed by atoms with Crippen LogP contribution in [0.15, 0.2) is 0 Å². The number of aliphatic hydroxyl groups is 8. The third kappa shape index (κ3) is 5.12. The van der Waals surface area contributed by atoms with Crippen molar-refractivity contribution in [2.24, 2.45) is 34.0 Å². The lowest BCUT2D eigenvalue weighted by atomic mass is 9.41. The van der Waals surface area contributed by atoms with E-state index in [9.17, 15) is 40.9 Å². The maximum atomic E-state index is 11.3. The highest BCUT2D eigenvalue weighted by atomic mass is 16.7. The summed E-state index contributed by atoms with van der Waals surface area (Å²) in [6.45, 7) is 3.39. The van der Waals surface area contributed by atoms with Gasteiger partial charge in [0.1, 0.15) is 36.1 Å². The first-order chi connectivity index (χ1) is 20.2. The second kappa shape index (κ2) is 11.3. The van der Waals surface area contributed by atoms with E-state index in [1.54, 1.807) is 0 Å². The summed E-state index contributed by atoms with van der Waals surface area (Å²) in [6, 6.07) is 0. The van der Waals surface area contributed by atoms with Crippen molar-refractivity contribution < 1.29 is 59.8 Å². The molecule has 1 spiro atoms. The first-order valence-electron chi connectivity index (χ1n) is 16.1. The zero-order valence-electron chi connectivity index (χ0n) is 25.4. The highest BCUT2D eigenvalue weighted by Crippen LogP contribution is 2.72. The van der Waals surface area contributed by atoms with Crippen LogP contribution in [0.5, 0.6) is 0 Å². The molecule has 2 heterocycles. The fraction of sp³-hybridized carbons (Fsp3) is 1.00. The van der Waals surface area contributed by atoms with Gasteiger partial charge in [0.15, 0.2) is 12.6 Å². The lowest BCUT2D eigenvalue weighted by molar-refractivity contribution is -0.317. The molecular formula is C31H52O12. The van der Waals surface area contributed by atoms with Gasteiger partial charge >= 0.3 is 0 Å². The van der Waals surface area contributed by atoms with Crippen LogP contribution in [0.25, 0.3) is 0 Å². The first kappa shape index (κ1) is 32.5. The molecule has 0 aromatic carbocycles. The summed E-state index contributed by atoms with van der Waals surface area (Å²) >= 11 is 0. The van der Waals surface area contributed by atoms with Crippen LogP contribution in [0.2, 0.25) is 0 Å². The molecule has 6 aliphatic rings. The Morgan fingerprint density at radius 1 is 0.791 bits per heavy atom. The molecule has 6 fully saturated rings. The summed E-state index contributed by atoms with van der Waals surface area (Å²) in [5.41, 5.74) is -2.94. The third-order valence-corrected chi connectivity index (χ3v) is 13.0. The van der Waals surface area contributed by atoms with Crippen molar-refractivity contribution in [2.75, 3.05) is 33.0 Å². The lowest BCUT2D eigenvalue weighted by Gasteiger charge is -2.64. The van der Waals surface area contributed by atoms with E-state index in [4.69, 9.17) is 18.9 Å². The maximum Gasteiger partial charge on any atom is 0.186 e. The van der Waals surface area contributed by atoms with Crippen LogP contribution in [-0.4, -0.2) is 128 Å². The van der Waals surface area contributed by atoms with Gasteiger partial charge in [-0.25, -0.2) is 0 Å². The van der Waals surface area contributed by atoms with Gasteiger partial charge in [0.25, 0.3) is 0 Å². The fourth-order valence-electron chi connectivity index (χ4n) is 10.7. The second-order valence-corrected chi connectivity index (χ2v) is 15.5. The van der Waals surface area contributed by atoms with Crippen LogP contribution in [0.4, 0.5) is 0 Å². The fourth-order valence-corrected chi connectivity index (χ4v) is 10.7. The Morgan fingerprint density at radius 3 is 2.23 bits per heavy atom. The quantitative estimate of drug-likeness (QED) is 0.173. The minimum Gasteiger partial charge on any atom is -0.393 e. The molecule has 4 aliphatic carbocycles. The molecule has 248 valence electrons. The number of hydrogen-bond acceptors (Lipinski definition) is 12. The number of fused-ring (bicyclic) bond motifs is 3. The van der Waals surface area contributed by atoms with Crippen LogP contribution in [0.3, 0.4) is 0 Å². The number of rotatable bonds is 8. The summed E-state index contributed by atoms with van der Waals surface area (Å²) in [5, 5.41) is 83.1. The predicted octanol–water partition coefficient (Wildman–Crippen LogP) is -0.596. The van der Waals surface area contributed by atoms with Gasteiger partial charge in [-0.1, -0.05) is 20.3 Å². The number of hydrogen-bond donors (Lipinski definition) is 8. The Labute approximate surface area is 252 Å². The van der Waals surface area contributed by atoms with Crippen LogP contribution in [-0.2, 0) is 18.9 Å². The summed E-state index contributed by atoms with van der Waals surface area (Å²) in [5.74, 6) is 0.979. The molecule has 12 nitrogen and oxygen atoms in total. The van der Waals surface area contributed by atoms with Crippen LogP contribution in [0.1, 0.15) is 71.6 Å². The van der Waals surface area contributed by atoms with Crippen LogP contribution < -0.4 is 0 Å². The van der Waals surface area contributed by atoms with Crippen molar-refractivity contribution in [3.8, 4) is 0 Å². The minimum absolute atomic E-state index is 0.0526. The zero-order valence-corrected chi connectivity index (χ0v) is 25.4. The largest absolute Gasteiger partial charge is 0.393 e. The van der Waals surface area contributed by atoms with Gasteiger partial charge in [0.05, 0.1) is 38.6 Å². The van der Waals surface area contributed by atoms with E-state index in [1.807, 2.05) is 0 Å².